The number of aromatic nitrogens is 4. The molecule has 4 aromatic rings. The summed E-state index contributed by atoms with van der Waals surface area (Å²) < 4.78 is 7.21. The van der Waals surface area contributed by atoms with Crippen LogP contribution >= 0.6 is 11.3 Å². The van der Waals surface area contributed by atoms with E-state index in [-0.39, 0.29) is 6.04 Å². The number of para-hydroxylation sites is 1. The normalized spacial score (nSPS) is 15.6. The lowest BCUT2D eigenvalue weighted by Gasteiger charge is -2.39. The number of nitrogens with zero attached hydrogens (tertiary/aromatic N) is 6. The number of tetrazole rings is 1. The minimum absolute atomic E-state index is 0.0428. The van der Waals surface area contributed by atoms with Crippen molar-refractivity contribution in [1.29, 1.82) is 0 Å². The SMILES string of the molecule is COc1ccc(Cn2nnnc2[C@@H](c2cccs2)N2CCN(c3ccccc3)CC2)cc1. The third-order valence-corrected chi connectivity index (χ3v) is 6.83. The van der Waals surface area contributed by atoms with Crippen LogP contribution in [0.3, 0.4) is 0 Å². The second kappa shape index (κ2) is 9.50. The highest BCUT2D eigenvalue weighted by atomic mass is 32.1. The van der Waals surface area contributed by atoms with Gasteiger partial charge in [-0.3, -0.25) is 4.90 Å². The van der Waals surface area contributed by atoms with E-state index in [4.69, 9.17) is 4.74 Å². The topological polar surface area (TPSA) is 59.3 Å². The first-order valence-corrected chi connectivity index (χ1v) is 11.7. The minimum atomic E-state index is 0.0428. The lowest BCUT2D eigenvalue weighted by molar-refractivity contribution is 0.204. The van der Waals surface area contributed by atoms with Gasteiger partial charge in [0.25, 0.3) is 0 Å². The van der Waals surface area contributed by atoms with E-state index in [0.29, 0.717) is 6.54 Å². The number of hydrogen-bond donors (Lipinski definition) is 0. The molecule has 7 nitrogen and oxygen atoms in total. The monoisotopic (exact) mass is 446 g/mol. The van der Waals surface area contributed by atoms with Crippen LogP contribution in [0.1, 0.15) is 22.3 Å². The highest BCUT2D eigenvalue weighted by Crippen LogP contribution is 2.32. The fourth-order valence-corrected chi connectivity index (χ4v) is 5.07. The largest absolute Gasteiger partial charge is 0.497 e. The molecule has 1 aliphatic rings. The number of ether oxygens (including phenoxy) is 1. The van der Waals surface area contributed by atoms with Gasteiger partial charge in [0.15, 0.2) is 5.82 Å². The van der Waals surface area contributed by atoms with Crippen LogP contribution in [0, 0.1) is 0 Å². The molecule has 0 unspecified atom stereocenters. The smallest absolute Gasteiger partial charge is 0.174 e. The van der Waals surface area contributed by atoms with Crippen LogP contribution in [0.15, 0.2) is 72.1 Å². The Bertz CT molecular complexity index is 1110. The minimum Gasteiger partial charge on any atom is -0.497 e. The van der Waals surface area contributed by atoms with Crippen LogP contribution in [0.4, 0.5) is 5.69 Å². The number of rotatable bonds is 7. The zero-order chi connectivity index (χ0) is 21.8. The van der Waals surface area contributed by atoms with Crippen molar-refractivity contribution >= 4 is 17.0 Å². The molecule has 1 saturated heterocycles. The molecular weight excluding hydrogens is 420 g/mol. The van der Waals surface area contributed by atoms with Gasteiger partial charge in [-0.1, -0.05) is 36.4 Å². The number of methoxy groups -OCH3 is 1. The zero-order valence-electron chi connectivity index (χ0n) is 18.0. The quantitative estimate of drug-likeness (QED) is 0.431. The molecule has 0 radical (unpaired) electrons. The fourth-order valence-electron chi connectivity index (χ4n) is 4.22. The maximum atomic E-state index is 5.28. The number of piperazine rings is 1. The van der Waals surface area contributed by atoms with Gasteiger partial charge in [-0.25, -0.2) is 4.68 Å². The van der Waals surface area contributed by atoms with E-state index in [9.17, 15) is 0 Å². The maximum absolute atomic E-state index is 5.28. The lowest BCUT2D eigenvalue weighted by atomic mass is 10.1. The van der Waals surface area contributed by atoms with E-state index < -0.39 is 0 Å². The summed E-state index contributed by atoms with van der Waals surface area (Å²) in [6.07, 6.45) is 0. The van der Waals surface area contributed by atoms with Gasteiger partial charge in [-0.2, -0.15) is 0 Å². The van der Waals surface area contributed by atoms with Crippen LogP contribution in [-0.2, 0) is 6.54 Å². The van der Waals surface area contributed by atoms with Crippen LogP contribution < -0.4 is 9.64 Å². The molecule has 2 aromatic heterocycles. The molecule has 0 spiro atoms. The van der Waals surface area contributed by atoms with Crippen molar-refractivity contribution < 1.29 is 4.74 Å². The highest BCUT2D eigenvalue weighted by Gasteiger charge is 2.31. The molecule has 0 bridgehead atoms. The molecule has 3 heterocycles. The van der Waals surface area contributed by atoms with Gasteiger partial charge in [0.1, 0.15) is 11.8 Å². The van der Waals surface area contributed by atoms with Gasteiger partial charge >= 0.3 is 0 Å². The zero-order valence-corrected chi connectivity index (χ0v) is 18.9. The van der Waals surface area contributed by atoms with E-state index in [0.717, 1.165) is 43.3 Å². The first-order chi connectivity index (χ1) is 15.8. The molecule has 0 aliphatic carbocycles. The number of benzene rings is 2. The van der Waals surface area contributed by atoms with E-state index in [1.165, 1.54) is 10.6 Å². The van der Waals surface area contributed by atoms with Crippen molar-refractivity contribution in [3.05, 3.63) is 88.4 Å². The predicted octanol–water partition coefficient (Wildman–Crippen LogP) is 3.70. The van der Waals surface area contributed by atoms with Crippen LogP contribution in [0.25, 0.3) is 0 Å². The molecule has 8 heteroatoms. The third kappa shape index (κ3) is 4.37. The second-order valence-electron chi connectivity index (χ2n) is 7.82. The first kappa shape index (κ1) is 20.7. The van der Waals surface area contributed by atoms with E-state index in [1.54, 1.807) is 18.4 Å². The molecule has 0 saturated carbocycles. The fraction of sp³-hybridized carbons (Fsp3) is 0.292. The average Bonchev–Trinajstić information content (AvgIpc) is 3.54. The Morgan fingerprint density at radius 3 is 2.41 bits per heavy atom. The van der Waals surface area contributed by atoms with Crippen molar-refractivity contribution in [2.75, 3.05) is 38.2 Å². The Morgan fingerprint density at radius 2 is 1.72 bits per heavy atom. The summed E-state index contributed by atoms with van der Waals surface area (Å²) >= 11 is 1.76. The van der Waals surface area contributed by atoms with Crippen LogP contribution in [0.5, 0.6) is 5.75 Å². The predicted molar refractivity (Wildman–Crippen MR) is 126 cm³/mol. The van der Waals surface area contributed by atoms with E-state index in [1.807, 2.05) is 16.8 Å². The van der Waals surface area contributed by atoms with Gasteiger partial charge in [-0.05, 0) is 51.7 Å². The van der Waals surface area contributed by atoms with Crippen LogP contribution in [0.2, 0.25) is 0 Å². The standard InChI is InChI=1S/C24H26N6OS/c1-31-21-11-9-19(10-12-21)18-30-24(25-26-27-30)23(22-8-5-17-32-22)29-15-13-28(14-16-29)20-6-3-2-4-7-20/h2-12,17,23H,13-16,18H2,1H3/t23-/m1/s1. The van der Waals surface area contributed by atoms with Gasteiger partial charge in [-0.15, -0.1) is 16.4 Å². The van der Waals surface area contributed by atoms with Crippen molar-refractivity contribution in [2.24, 2.45) is 0 Å². The summed E-state index contributed by atoms with van der Waals surface area (Å²) in [5.74, 6) is 1.73. The molecule has 5 rings (SSSR count). The van der Waals surface area contributed by atoms with Crippen molar-refractivity contribution in [3.8, 4) is 5.75 Å². The van der Waals surface area contributed by atoms with Crippen molar-refractivity contribution in [1.82, 2.24) is 25.1 Å². The number of hydrogen-bond acceptors (Lipinski definition) is 7. The Morgan fingerprint density at radius 1 is 0.938 bits per heavy atom. The summed E-state index contributed by atoms with van der Waals surface area (Å²) in [5.41, 5.74) is 2.42. The third-order valence-electron chi connectivity index (χ3n) is 5.91. The molecule has 1 atom stereocenters. The van der Waals surface area contributed by atoms with Gasteiger partial charge in [0.05, 0.1) is 13.7 Å². The van der Waals surface area contributed by atoms with E-state index >= 15 is 0 Å². The first-order valence-electron chi connectivity index (χ1n) is 10.8. The molecule has 0 amide bonds. The molecule has 2 aromatic carbocycles. The van der Waals surface area contributed by atoms with Gasteiger partial charge in [0, 0.05) is 36.7 Å². The molecule has 164 valence electrons. The lowest BCUT2D eigenvalue weighted by Crippen LogP contribution is -2.48. The van der Waals surface area contributed by atoms with Crippen molar-refractivity contribution in [3.63, 3.8) is 0 Å². The Hall–Kier alpha value is -3.23. The highest BCUT2D eigenvalue weighted by molar-refractivity contribution is 7.10. The second-order valence-corrected chi connectivity index (χ2v) is 8.80. The number of thiophene rings is 1. The molecule has 1 fully saturated rings. The van der Waals surface area contributed by atoms with E-state index in [2.05, 4.69) is 85.3 Å². The van der Waals surface area contributed by atoms with Gasteiger partial charge < -0.3 is 9.64 Å². The molecule has 32 heavy (non-hydrogen) atoms. The summed E-state index contributed by atoms with van der Waals surface area (Å²) in [7, 11) is 1.68. The van der Waals surface area contributed by atoms with Crippen LogP contribution in [-0.4, -0.2) is 58.4 Å². The maximum Gasteiger partial charge on any atom is 0.174 e. The Labute approximate surface area is 191 Å². The Balaban J connectivity index is 1.37. The molecule has 0 N–H and O–H groups in total. The molecule has 1 aliphatic heterocycles. The summed E-state index contributed by atoms with van der Waals surface area (Å²) in [4.78, 5) is 6.22. The Kier molecular flexibility index (Phi) is 6.13. The summed E-state index contributed by atoms with van der Waals surface area (Å²) in [5, 5.41) is 15.0. The average molecular weight is 447 g/mol. The summed E-state index contributed by atoms with van der Waals surface area (Å²) in [6.45, 7) is 4.48. The molecular formula is C24H26N6OS. The summed E-state index contributed by atoms with van der Waals surface area (Å²) in [6, 6.07) is 23.0. The van der Waals surface area contributed by atoms with Gasteiger partial charge in [0.2, 0.25) is 0 Å². The number of anilines is 1. The van der Waals surface area contributed by atoms with Crippen molar-refractivity contribution in [2.45, 2.75) is 12.6 Å².